The standard InChI is InChI=1S/C2H6O3S.FH/c1-5-6(2,3)4;/h1-2H3;1H. The highest BCUT2D eigenvalue weighted by Gasteiger charge is 1.90. The van der Waals surface area contributed by atoms with Crippen LogP contribution in [0, 0.1) is 0 Å². The van der Waals surface area contributed by atoms with Crippen LogP contribution in [0.3, 0.4) is 0 Å². The van der Waals surface area contributed by atoms with E-state index in [9.17, 15) is 8.42 Å². The highest BCUT2D eigenvalue weighted by molar-refractivity contribution is 7.85. The van der Waals surface area contributed by atoms with Crippen molar-refractivity contribution >= 4 is 10.1 Å². The van der Waals surface area contributed by atoms with Crippen molar-refractivity contribution in [3.63, 3.8) is 0 Å². The highest BCUT2D eigenvalue weighted by atomic mass is 32.2. The molecule has 0 saturated heterocycles. The molecule has 0 radical (unpaired) electrons. The van der Waals surface area contributed by atoms with Crippen LogP contribution >= 0.6 is 0 Å². The van der Waals surface area contributed by atoms with Gasteiger partial charge in [-0.3, -0.25) is 8.89 Å². The van der Waals surface area contributed by atoms with Crippen LogP contribution < -0.4 is 0 Å². The van der Waals surface area contributed by atoms with Crippen molar-refractivity contribution in [3.8, 4) is 0 Å². The molecular weight excluding hydrogens is 123 g/mol. The van der Waals surface area contributed by atoms with E-state index in [0.717, 1.165) is 13.4 Å². The Bertz CT molecular complexity index is 115. The van der Waals surface area contributed by atoms with Crippen LogP contribution in [0.5, 0.6) is 0 Å². The van der Waals surface area contributed by atoms with Gasteiger partial charge in [0.25, 0.3) is 10.1 Å². The number of rotatable bonds is 1. The maximum Gasteiger partial charge on any atom is 0.264 e. The minimum atomic E-state index is -3.16. The molecule has 0 aliphatic rings. The van der Waals surface area contributed by atoms with Crippen LogP contribution in [0.2, 0.25) is 0 Å². The topological polar surface area (TPSA) is 43.4 Å². The van der Waals surface area contributed by atoms with E-state index in [1.807, 2.05) is 0 Å². The Kier molecular flexibility index (Phi) is 4.16. The van der Waals surface area contributed by atoms with Gasteiger partial charge in [-0.25, -0.2) is 0 Å². The summed E-state index contributed by atoms with van der Waals surface area (Å²) in [6.07, 6.45) is 0.993. The van der Waals surface area contributed by atoms with Gasteiger partial charge in [0.05, 0.1) is 13.4 Å². The van der Waals surface area contributed by atoms with Crippen LogP contribution in [0.4, 0.5) is 4.70 Å². The molecule has 0 aliphatic heterocycles. The first-order valence-corrected chi connectivity index (χ1v) is 3.13. The Morgan fingerprint density at radius 3 is 1.57 bits per heavy atom. The minimum absolute atomic E-state index is 0. The Balaban J connectivity index is 0. The van der Waals surface area contributed by atoms with Crippen LogP contribution in [-0.2, 0) is 14.3 Å². The Morgan fingerprint density at radius 1 is 1.43 bits per heavy atom. The molecule has 0 aliphatic carbocycles. The van der Waals surface area contributed by atoms with Gasteiger partial charge in [0.15, 0.2) is 0 Å². The lowest BCUT2D eigenvalue weighted by Crippen LogP contribution is -1.95. The van der Waals surface area contributed by atoms with E-state index >= 15 is 0 Å². The molecule has 0 spiro atoms. The molecule has 3 nitrogen and oxygen atoms in total. The smallest absolute Gasteiger partial charge is 0.264 e. The van der Waals surface area contributed by atoms with Gasteiger partial charge in [-0.1, -0.05) is 0 Å². The third-order valence-corrected chi connectivity index (χ3v) is 0.908. The molecule has 5 heteroatoms. The lowest BCUT2D eigenvalue weighted by atomic mass is 11.8. The van der Waals surface area contributed by atoms with E-state index in [1.54, 1.807) is 0 Å². The van der Waals surface area contributed by atoms with E-state index < -0.39 is 10.1 Å². The van der Waals surface area contributed by atoms with E-state index in [4.69, 9.17) is 0 Å². The predicted octanol–water partition coefficient (Wildman–Crippen LogP) is -0.255. The molecule has 7 heavy (non-hydrogen) atoms. The third-order valence-electron chi connectivity index (χ3n) is 0.303. The van der Waals surface area contributed by atoms with Crippen molar-refractivity contribution in [1.82, 2.24) is 0 Å². The zero-order chi connectivity index (χ0) is 5.21. The van der Waals surface area contributed by atoms with Crippen molar-refractivity contribution in [3.05, 3.63) is 0 Å². The van der Waals surface area contributed by atoms with Gasteiger partial charge in [-0.15, -0.1) is 0 Å². The minimum Gasteiger partial charge on any atom is -0.274 e. The molecule has 0 aromatic rings. The first-order valence-electron chi connectivity index (χ1n) is 1.32. The Morgan fingerprint density at radius 2 is 1.57 bits per heavy atom. The summed E-state index contributed by atoms with van der Waals surface area (Å²) in [5.74, 6) is 0. The number of halogens is 1. The summed E-state index contributed by atoms with van der Waals surface area (Å²) in [7, 11) is -2.04. The molecule has 0 rings (SSSR count). The van der Waals surface area contributed by atoms with Crippen molar-refractivity contribution in [2.75, 3.05) is 13.4 Å². The van der Waals surface area contributed by atoms with Crippen LogP contribution in [-0.4, -0.2) is 21.8 Å². The molecule has 0 N–H and O–H groups in total. The summed E-state index contributed by atoms with van der Waals surface area (Å²) >= 11 is 0. The normalized spacial score (nSPS) is 10.0. The second kappa shape index (κ2) is 2.92. The van der Waals surface area contributed by atoms with Gasteiger partial charge in [0.1, 0.15) is 0 Å². The molecule has 0 amide bonds. The van der Waals surface area contributed by atoms with Gasteiger partial charge < -0.3 is 0 Å². The molecule has 0 aromatic heterocycles. The summed E-state index contributed by atoms with van der Waals surface area (Å²) in [6.45, 7) is 0. The van der Waals surface area contributed by atoms with Crippen LogP contribution in [0.15, 0.2) is 0 Å². The first-order chi connectivity index (χ1) is 2.56. The van der Waals surface area contributed by atoms with E-state index in [1.165, 1.54) is 0 Å². The average molecular weight is 130 g/mol. The molecule has 0 bridgehead atoms. The Hall–Kier alpha value is -0.160. The summed E-state index contributed by atoms with van der Waals surface area (Å²) in [6, 6.07) is 0. The number of hydrogen-bond acceptors (Lipinski definition) is 3. The summed E-state index contributed by atoms with van der Waals surface area (Å²) in [4.78, 5) is 0. The summed E-state index contributed by atoms with van der Waals surface area (Å²) in [5.41, 5.74) is 0. The maximum atomic E-state index is 9.78. The van der Waals surface area contributed by atoms with Crippen molar-refractivity contribution < 1.29 is 17.3 Å². The number of hydrogen-bond donors (Lipinski definition) is 0. The molecule has 0 aromatic carbocycles. The third kappa shape index (κ3) is 10.7. The van der Waals surface area contributed by atoms with E-state index in [-0.39, 0.29) is 4.70 Å². The Labute approximate surface area is 41.8 Å². The van der Waals surface area contributed by atoms with Crippen molar-refractivity contribution in [2.24, 2.45) is 0 Å². The van der Waals surface area contributed by atoms with Crippen molar-refractivity contribution in [2.45, 2.75) is 0 Å². The zero-order valence-electron chi connectivity index (χ0n) is 4.04. The van der Waals surface area contributed by atoms with Crippen LogP contribution in [0.25, 0.3) is 0 Å². The maximum absolute atomic E-state index is 9.78. The molecule has 0 unspecified atom stereocenters. The quantitative estimate of drug-likeness (QED) is 0.459. The molecule has 0 heterocycles. The van der Waals surface area contributed by atoms with Crippen molar-refractivity contribution in [1.29, 1.82) is 0 Å². The SMILES string of the molecule is COS(C)(=O)=O.F. The lowest BCUT2D eigenvalue weighted by molar-refractivity contribution is 0.403. The second-order valence-electron chi connectivity index (χ2n) is 0.871. The zero-order valence-corrected chi connectivity index (χ0v) is 4.86. The molecule has 0 fully saturated rings. The van der Waals surface area contributed by atoms with Gasteiger partial charge in [0, 0.05) is 0 Å². The lowest BCUT2D eigenvalue weighted by Gasteiger charge is -1.84. The fourth-order valence-corrected chi connectivity index (χ4v) is 0. The fourth-order valence-electron chi connectivity index (χ4n) is 0. The molecular formula is C2H7FO3S. The monoisotopic (exact) mass is 130 g/mol. The largest absolute Gasteiger partial charge is 0.274 e. The van der Waals surface area contributed by atoms with Gasteiger partial charge >= 0.3 is 0 Å². The van der Waals surface area contributed by atoms with E-state index in [2.05, 4.69) is 4.18 Å². The molecule has 46 valence electrons. The molecule has 0 atom stereocenters. The van der Waals surface area contributed by atoms with Gasteiger partial charge in [-0.2, -0.15) is 8.42 Å². The summed E-state index contributed by atoms with van der Waals surface area (Å²) < 4.78 is 23.5. The average Bonchev–Trinajstić information content (AvgIpc) is 1.35. The van der Waals surface area contributed by atoms with Crippen LogP contribution in [0.1, 0.15) is 0 Å². The summed E-state index contributed by atoms with van der Waals surface area (Å²) in [5, 5.41) is 0. The first kappa shape index (κ1) is 9.96. The fraction of sp³-hybridized carbons (Fsp3) is 1.00. The van der Waals surface area contributed by atoms with E-state index in [0.29, 0.717) is 0 Å². The second-order valence-corrected chi connectivity index (χ2v) is 2.61. The van der Waals surface area contributed by atoms with Gasteiger partial charge in [-0.05, 0) is 0 Å². The highest BCUT2D eigenvalue weighted by Crippen LogP contribution is 1.75. The predicted molar refractivity (Wildman–Crippen MR) is 24.4 cm³/mol. The van der Waals surface area contributed by atoms with Gasteiger partial charge in [0.2, 0.25) is 0 Å². The molecule has 0 saturated carbocycles.